The topological polar surface area (TPSA) is 84.5 Å². The lowest BCUT2D eigenvalue weighted by molar-refractivity contribution is -0.115. The van der Waals surface area contributed by atoms with Crippen LogP contribution in [0.3, 0.4) is 0 Å². The summed E-state index contributed by atoms with van der Waals surface area (Å²) in [5.41, 5.74) is 2.23. The molecule has 3 rings (SSSR count). The Morgan fingerprint density at radius 1 is 1.13 bits per heavy atom. The molecule has 0 radical (unpaired) electrons. The highest BCUT2D eigenvalue weighted by molar-refractivity contribution is 8.00. The van der Waals surface area contributed by atoms with Gasteiger partial charge < -0.3 is 15.4 Å². The van der Waals surface area contributed by atoms with Gasteiger partial charge in [-0.2, -0.15) is 0 Å². The molecule has 1 heterocycles. The Hall–Kier alpha value is -2.32. The van der Waals surface area contributed by atoms with Crippen molar-refractivity contribution < 1.29 is 19.1 Å². The van der Waals surface area contributed by atoms with E-state index in [-0.39, 0.29) is 17.1 Å². The van der Waals surface area contributed by atoms with Gasteiger partial charge in [-0.25, -0.2) is 4.79 Å². The molecule has 1 aromatic carbocycles. The minimum Gasteiger partial charge on any atom is -0.465 e. The van der Waals surface area contributed by atoms with Crippen molar-refractivity contribution in [3.8, 4) is 0 Å². The molecule has 0 bridgehead atoms. The Morgan fingerprint density at radius 3 is 2.63 bits per heavy atom. The number of hydrogen-bond donors (Lipinski definition) is 2. The summed E-state index contributed by atoms with van der Waals surface area (Å²) in [5, 5.41) is 5.90. The van der Waals surface area contributed by atoms with Crippen molar-refractivity contribution in [3.63, 3.8) is 0 Å². The van der Waals surface area contributed by atoms with Gasteiger partial charge in [-0.15, -0.1) is 23.1 Å². The van der Waals surface area contributed by atoms with Crippen LogP contribution in [-0.4, -0.2) is 30.1 Å². The van der Waals surface area contributed by atoms with E-state index in [2.05, 4.69) is 10.6 Å². The fourth-order valence-corrected chi connectivity index (χ4v) is 5.68. The van der Waals surface area contributed by atoms with Crippen molar-refractivity contribution in [2.45, 2.75) is 56.1 Å². The van der Waals surface area contributed by atoms with Crippen LogP contribution in [0.5, 0.6) is 0 Å². The van der Waals surface area contributed by atoms with Crippen LogP contribution < -0.4 is 10.6 Å². The van der Waals surface area contributed by atoms with E-state index in [0.717, 1.165) is 42.6 Å². The summed E-state index contributed by atoms with van der Waals surface area (Å²) >= 11 is 2.89. The largest absolute Gasteiger partial charge is 0.465 e. The maximum Gasteiger partial charge on any atom is 0.341 e. The monoisotopic (exact) mass is 446 g/mol. The predicted molar refractivity (Wildman–Crippen MR) is 122 cm³/mol. The number of hydrogen-bond acceptors (Lipinski definition) is 6. The van der Waals surface area contributed by atoms with E-state index in [1.165, 1.54) is 42.0 Å². The molecule has 2 aromatic rings. The number of aryl methyl sites for hydroxylation is 1. The first-order valence-corrected chi connectivity index (χ1v) is 11.7. The van der Waals surface area contributed by atoms with Crippen molar-refractivity contribution in [1.29, 1.82) is 0 Å². The van der Waals surface area contributed by atoms with Crippen LogP contribution in [0.1, 0.15) is 53.9 Å². The normalized spacial score (nSPS) is 14.2. The number of carbonyl (C=O) groups is 3. The Labute approximate surface area is 184 Å². The van der Waals surface area contributed by atoms with E-state index in [0.29, 0.717) is 16.3 Å². The molecule has 0 saturated carbocycles. The van der Waals surface area contributed by atoms with E-state index < -0.39 is 5.97 Å². The van der Waals surface area contributed by atoms with Crippen molar-refractivity contribution in [2.24, 2.45) is 0 Å². The van der Waals surface area contributed by atoms with Gasteiger partial charge in [0, 0.05) is 22.4 Å². The lowest BCUT2D eigenvalue weighted by Crippen LogP contribution is -2.23. The molecule has 8 heteroatoms. The van der Waals surface area contributed by atoms with E-state index in [4.69, 9.17) is 4.74 Å². The predicted octanol–water partition coefficient (Wildman–Crippen LogP) is 4.88. The third-order valence-electron chi connectivity index (χ3n) is 4.88. The Morgan fingerprint density at radius 2 is 1.90 bits per heavy atom. The Balaban J connectivity index is 1.75. The number of carbonyl (C=O) groups excluding carboxylic acids is 3. The summed E-state index contributed by atoms with van der Waals surface area (Å²) in [6.07, 6.45) is 5.05. The number of anilines is 2. The third-order valence-corrected chi connectivity index (χ3v) is 7.19. The Kier molecular flexibility index (Phi) is 7.55. The molecule has 0 saturated heterocycles. The average molecular weight is 447 g/mol. The third kappa shape index (κ3) is 5.43. The molecule has 1 atom stereocenters. The highest BCUT2D eigenvalue weighted by Crippen LogP contribution is 2.38. The second-order valence-corrected chi connectivity index (χ2v) is 9.74. The summed E-state index contributed by atoms with van der Waals surface area (Å²) in [4.78, 5) is 38.6. The first kappa shape index (κ1) is 22.4. The number of fused-ring (bicyclic) bond motifs is 1. The van der Waals surface area contributed by atoms with Gasteiger partial charge in [0.05, 0.1) is 17.9 Å². The summed E-state index contributed by atoms with van der Waals surface area (Å²) in [5.74, 6) is -0.713. The van der Waals surface area contributed by atoms with E-state index >= 15 is 0 Å². The van der Waals surface area contributed by atoms with Crippen molar-refractivity contribution in [3.05, 3.63) is 40.3 Å². The van der Waals surface area contributed by atoms with Crippen LogP contribution in [0.4, 0.5) is 10.7 Å². The summed E-state index contributed by atoms with van der Waals surface area (Å²) in [6.45, 7) is 3.28. The quantitative estimate of drug-likeness (QED) is 0.375. The number of thiophene rings is 1. The molecule has 0 spiro atoms. The molecule has 160 valence electrons. The molecule has 0 aliphatic heterocycles. The second kappa shape index (κ2) is 10.1. The number of amides is 2. The molecule has 0 fully saturated rings. The van der Waals surface area contributed by atoms with Crippen molar-refractivity contribution >= 4 is 51.6 Å². The summed E-state index contributed by atoms with van der Waals surface area (Å²) < 4.78 is 5.00. The molecule has 6 nitrogen and oxygen atoms in total. The van der Waals surface area contributed by atoms with E-state index in [1.807, 2.05) is 25.1 Å². The molecule has 2 N–H and O–H groups in total. The lowest BCUT2D eigenvalue weighted by atomic mass is 10.1. The van der Waals surface area contributed by atoms with Gasteiger partial charge in [0.1, 0.15) is 5.00 Å². The smallest absolute Gasteiger partial charge is 0.341 e. The number of thioether (sulfide) groups is 1. The minimum atomic E-state index is -0.395. The fourth-order valence-electron chi connectivity index (χ4n) is 3.47. The lowest BCUT2D eigenvalue weighted by Gasteiger charge is -2.13. The zero-order valence-electron chi connectivity index (χ0n) is 17.4. The zero-order valence-corrected chi connectivity index (χ0v) is 19.0. The molecule has 1 aliphatic rings. The second-order valence-electron chi connectivity index (χ2n) is 7.22. The number of esters is 1. The van der Waals surface area contributed by atoms with Crippen molar-refractivity contribution in [1.82, 2.24) is 0 Å². The number of rotatable bonds is 6. The zero-order chi connectivity index (χ0) is 21.7. The molecular weight excluding hydrogens is 420 g/mol. The summed E-state index contributed by atoms with van der Waals surface area (Å²) in [6, 6.07) is 7.37. The number of nitrogens with one attached hydrogen (secondary N) is 2. The number of ether oxygens (including phenoxy) is 1. The standard InChI is InChI=1S/C22H26N2O4S2/c1-13(29-16-9-7-8-15(12-16)23-14(2)25)20(26)24-21-19(22(27)28-3)17-10-5-4-6-11-18(17)30-21/h7-9,12-13H,4-6,10-11H2,1-3H3,(H,23,25)(H,24,26). The summed E-state index contributed by atoms with van der Waals surface area (Å²) in [7, 11) is 1.37. The van der Waals surface area contributed by atoms with E-state index in [1.54, 1.807) is 6.07 Å². The first-order valence-electron chi connectivity index (χ1n) is 9.97. The molecule has 1 aromatic heterocycles. The highest BCUT2D eigenvalue weighted by Gasteiger charge is 2.27. The maximum atomic E-state index is 12.9. The highest BCUT2D eigenvalue weighted by atomic mass is 32.2. The average Bonchev–Trinajstić information content (AvgIpc) is 2.87. The van der Waals surface area contributed by atoms with Gasteiger partial charge in [-0.1, -0.05) is 12.5 Å². The Bertz CT molecular complexity index is 955. The first-order chi connectivity index (χ1) is 14.4. The SMILES string of the molecule is COC(=O)c1c(NC(=O)C(C)Sc2cccc(NC(C)=O)c2)sc2c1CCCCC2. The molecule has 1 aliphatic carbocycles. The van der Waals surface area contributed by atoms with Crippen LogP contribution in [0.2, 0.25) is 0 Å². The van der Waals surface area contributed by atoms with Gasteiger partial charge in [-0.05, 0) is 56.4 Å². The molecule has 2 amide bonds. The minimum absolute atomic E-state index is 0.143. The molecule has 30 heavy (non-hydrogen) atoms. The molecular formula is C22H26N2O4S2. The van der Waals surface area contributed by atoms with Gasteiger partial charge in [0.25, 0.3) is 0 Å². The maximum absolute atomic E-state index is 12.9. The number of benzene rings is 1. The van der Waals surface area contributed by atoms with Crippen LogP contribution in [-0.2, 0) is 27.2 Å². The van der Waals surface area contributed by atoms with Crippen LogP contribution in [0.15, 0.2) is 29.2 Å². The van der Waals surface area contributed by atoms with Gasteiger partial charge in [0.2, 0.25) is 11.8 Å². The van der Waals surface area contributed by atoms with Crippen LogP contribution in [0.25, 0.3) is 0 Å². The van der Waals surface area contributed by atoms with Crippen LogP contribution in [0, 0.1) is 0 Å². The van der Waals surface area contributed by atoms with Gasteiger partial charge >= 0.3 is 5.97 Å². The molecule has 1 unspecified atom stereocenters. The van der Waals surface area contributed by atoms with Crippen molar-refractivity contribution in [2.75, 3.05) is 17.7 Å². The van der Waals surface area contributed by atoms with Gasteiger partial charge in [-0.3, -0.25) is 9.59 Å². The van der Waals surface area contributed by atoms with E-state index in [9.17, 15) is 14.4 Å². The fraction of sp³-hybridized carbons (Fsp3) is 0.409. The number of methoxy groups -OCH3 is 1. The van der Waals surface area contributed by atoms with Crippen LogP contribution >= 0.6 is 23.1 Å². The van der Waals surface area contributed by atoms with Gasteiger partial charge in [0.15, 0.2) is 0 Å².